The molecule has 3 atom stereocenters. The highest BCUT2D eigenvalue weighted by Crippen LogP contribution is 2.42. The molecule has 0 aliphatic carbocycles. The molecule has 2 aliphatic rings. The van der Waals surface area contributed by atoms with Crippen molar-refractivity contribution in [3.05, 3.63) is 66.2 Å². The Bertz CT molecular complexity index is 938. The number of aliphatic hydroxyl groups is 1. The third-order valence-electron chi connectivity index (χ3n) is 6.28. The maximum Gasteiger partial charge on any atom is 0.123 e. The summed E-state index contributed by atoms with van der Waals surface area (Å²) in [7, 11) is 0. The third kappa shape index (κ3) is 3.15. The van der Waals surface area contributed by atoms with Crippen LogP contribution >= 0.6 is 0 Å². The Morgan fingerprint density at radius 2 is 1.81 bits per heavy atom. The van der Waals surface area contributed by atoms with Crippen LogP contribution in [0.3, 0.4) is 0 Å². The van der Waals surface area contributed by atoms with Gasteiger partial charge in [-0.05, 0) is 61.6 Å². The predicted molar refractivity (Wildman–Crippen MR) is 103 cm³/mol. The molecule has 140 valence electrons. The van der Waals surface area contributed by atoms with Crippen LogP contribution in [0.1, 0.15) is 31.2 Å². The van der Waals surface area contributed by atoms with E-state index < -0.39 is 5.60 Å². The molecule has 3 aromatic rings. The SMILES string of the molecule is OC1(Cn2ccc3ncccc32)C[C@H]2CC[C@@H](C1)N2Cc1ccc(F)cc1. The Balaban J connectivity index is 1.33. The van der Waals surface area contributed by atoms with Crippen molar-refractivity contribution in [2.45, 2.75) is 56.5 Å². The molecule has 4 heterocycles. The van der Waals surface area contributed by atoms with Crippen LogP contribution in [0.2, 0.25) is 0 Å². The van der Waals surface area contributed by atoms with Crippen molar-refractivity contribution >= 4 is 11.0 Å². The van der Waals surface area contributed by atoms with Gasteiger partial charge in [-0.15, -0.1) is 0 Å². The van der Waals surface area contributed by atoms with E-state index in [9.17, 15) is 9.50 Å². The molecule has 0 radical (unpaired) electrons. The first-order chi connectivity index (χ1) is 13.1. The van der Waals surface area contributed by atoms with E-state index in [2.05, 4.69) is 20.5 Å². The minimum absolute atomic E-state index is 0.191. The molecule has 0 saturated carbocycles. The van der Waals surface area contributed by atoms with Crippen molar-refractivity contribution in [2.75, 3.05) is 0 Å². The zero-order chi connectivity index (χ0) is 18.4. The number of hydrogen-bond donors (Lipinski definition) is 1. The molecule has 2 saturated heterocycles. The predicted octanol–water partition coefficient (Wildman–Crippen LogP) is 3.73. The minimum Gasteiger partial charge on any atom is -0.388 e. The number of aromatic nitrogens is 2. The number of nitrogens with zero attached hydrogens (tertiary/aromatic N) is 3. The summed E-state index contributed by atoms with van der Waals surface area (Å²) in [6, 6.07) is 13.6. The molecule has 1 unspecified atom stereocenters. The first kappa shape index (κ1) is 16.9. The number of pyridine rings is 1. The number of fused-ring (bicyclic) bond motifs is 3. The Morgan fingerprint density at radius 1 is 1.07 bits per heavy atom. The molecule has 2 bridgehead atoms. The molecule has 2 aliphatic heterocycles. The highest BCUT2D eigenvalue weighted by Gasteiger charge is 2.47. The van der Waals surface area contributed by atoms with Crippen LogP contribution in [0, 0.1) is 5.82 Å². The van der Waals surface area contributed by atoms with E-state index in [0.29, 0.717) is 18.6 Å². The van der Waals surface area contributed by atoms with Crippen LogP contribution in [0.15, 0.2) is 54.9 Å². The second kappa shape index (κ2) is 6.43. The Hall–Kier alpha value is -2.24. The van der Waals surface area contributed by atoms with Crippen molar-refractivity contribution in [3.63, 3.8) is 0 Å². The first-order valence-corrected chi connectivity index (χ1v) is 9.72. The molecule has 4 nitrogen and oxygen atoms in total. The van der Waals surface area contributed by atoms with Crippen molar-refractivity contribution < 1.29 is 9.50 Å². The van der Waals surface area contributed by atoms with E-state index in [1.807, 2.05) is 30.5 Å². The van der Waals surface area contributed by atoms with Crippen LogP contribution in [0.25, 0.3) is 11.0 Å². The molecule has 2 fully saturated rings. The van der Waals surface area contributed by atoms with Gasteiger partial charge in [0.25, 0.3) is 0 Å². The number of benzene rings is 1. The molecule has 2 aromatic heterocycles. The third-order valence-corrected chi connectivity index (χ3v) is 6.28. The van der Waals surface area contributed by atoms with Gasteiger partial charge < -0.3 is 9.67 Å². The zero-order valence-corrected chi connectivity index (χ0v) is 15.3. The van der Waals surface area contributed by atoms with Crippen LogP contribution < -0.4 is 0 Å². The van der Waals surface area contributed by atoms with E-state index >= 15 is 0 Å². The van der Waals surface area contributed by atoms with Gasteiger partial charge in [0.05, 0.1) is 23.2 Å². The van der Waals surface area contributed by atoms with E-state index in [4.69, 9.17) is 0 Å². The maximum atomic E-state index is 13.2. The maximum absolute atomic E-state index is 13.2. The largest absolute Gasteiger partial charge is 0.388 e. The topological polar surface area (TPSA) is 41.3 Å². The van der Waals surface area contributed by atoms with Gasteiger partial charge in [-0.3, -0.25) is 9.88 Å². The Morgan fingerprint density at radius 3 is 2.56 bits per heavy atom. The summed E-state index contributed by atoms with van der Waals surface area (Å²) in [5.74, 6) is -0.191. The van der Waals surface area contributed by atoms with Gasteiger partial charge in [-0.25, -0.2) is 4.39 Å². The highest BCUT2D eigenvalue weighted by atomic mass is 19.1. The lowest BCUT2D eigenvalue weighted by molar-refractivity contribution is -0.0644. The van der Waals surface area contributed by atoms with Gasteiger partial charge in [0.2, 0.25) is 0 Å². The number of rotatable bonds is 4. The standard InChI is InChI=1S/C22H24FN3O/c23-17-5-3-16(4-6-17)14-26-18-7-8-19(26)13-22(27,12-18)15-25-11-9-20-21(25)2-1-10-24-20/h1-6,9-11,18-19,27H,7-8,12-15H2/t18-,19+,22?. The fraction of sp³-hybridized carbons (Fsp3) is 0.409. The summed E-state index contributed by atoms with van der Waals surface area (Å²) in [6.45, 7) is 1.45. The molecule has 5 heteroatoms. The molecule has 1 aromatic carbocycles. The van der Waals surface area contributed by atoms with Crippen molar-refractivity contribution in [3.8, 4) is 0 Å². The molecular formula is C22H24FN3O. The Labute approximate surface area is 158 Å². The summed E-state index contributed by atoms with van der Waals surface area (Å²) in [5, 5.41) is 11.4. The molecule has 5 rings (SSSR count). The van der Waals surface area contributed by atoms with Gasteiger partial charge >= 0.3 is 0 Å². The average Bonchev–Trinajstić information content (AvgIpc) is 3.16. The lowest BCUT2D eigenvalue weighted by atomic mass is 9.85. The van der Waals surface area contributed by atoms with Gasteiger partial charge in [0.15, 0.2) is 0 Å². The lowest BCUT2D eigenvalue weighted by Crippen LogP contribution is -2.52. The number of halogens is 1. The summed E-state index contributed by atoms with van der Waals surface area (Å²) in [5.41, 5.74) is 2.50. The Kier molecular flexibility index (Phi) is 4.02. The van der Waals surface area contributed by atoms with E-state index in [-0.39, 0.29) is 5.82 Å². The first-order valence-electron chi connectivity index (χ1n) is 9.72. The molecular weight excluding hydrogens is 341 g/mol. The smallest absolute Gasteiger partial charge is 0.123 e. The van der Waals surface area contributed by atoms with Crippen LogP contribution in [-0.2, 0) is 13.1 Å². The molecule has 1 N–H and O–H groups in total. The molecule has 0 spiro atoms. The summed E-state index contributed by atoms with van der Waals surface area (Å²) in [6.07, 6.45) is 7.65. The van der Waals surface area contributed by atoms with Crippen LogP contribution in [0.4, 0.5) is 4.39 Å². The average molecular weight is 365 g/mol. The van der Waals surface area contributed by atoms with Crippen LogP contribution in [0.5, 0.6) is 0 Å². The fourth-order valence-electron chi connectivity index (χ4n) is 5.08. The second-order valence-electron chi connectivity index (χ2n) is 8.17. The van der Waals surface area contributed by atoms with Crippen molar-refractivity contribution in [1.82, 2.24) is 14.5 Å². The fourth-order valence-corrected chi connectivity index (χ4v) is 5.08. The van der Waals surface area contributed by atoms with E-state index in [1.54, 1.807) is 6.20 Å². The van der Waals surface area contributed by atoms with Gasteiger partial charge in [-0.2, -0.15) is 0 Å². The van der Waals surface area contributed by atoms with Crippen molar-refractivity contribution in [1.29, 1.82) is 0 Å². The summed E-state index contributed by atoms with van der Waals surface area (Å²) < 4.78 is 15.3. The quantitative estimate of drug-likeness (QED) is 0.766. The monoisotopic (exact) mass is 365 g/mol. The normalized spacial score (nSPS) is 28.1. The second-order valence-corrected chi connectivity index (χ2v) is 8.17. The van der Waals surface area contributed by atoms with Gasteiger partial charge in [0, 0.05) is 31.0 Å². The zero-order valence-electron chi connectivity index (χ0n) is 15.3. The highest BCUT2D eigenvalue weighted by molar-refractivity contribution is 5.75. The van der Waals surface area contributed by atoms with Gasteiger partial charge in [-0.1, -0.05) is 12.1 Å². The number of piperidine rings is 1. The lowest BCUT2D eigenvalue weighted by Gasteiger charge is -2.44. The minimum atomic E-state index is -0.688. The summed E-state index contributed by atoms with van der Waals surface area (Å²) >= 11 is 0. The van der Waals surface area contributed by atoms with Crippen LogP contribution in [-0.4, -0.2) is 37.2 Å². The van der Waals surface area contributed by atoms with E-state index in [0.717, 1.165) is 48.8 Å². The van der Waals surface area contributed by atoms with Crippen molar-refractivity contribution in [2.24, 2.45) is 0 Å². The number of hydrogen-bond acceptors (Lipinski definition) is 3. The summed E-state index contributed by atoms with van der Waals surface area (Å²) in [4.78, 5) is 6.90. The van der Waals surface area contributed by atoms with E-state index in [1.165, 1.54) is 12.1 Å². The van der Waals surface area contributed by atoms with Gasteiger partial charge in [0.1, 0.15) is 5.82 Å². The molecule has 0 amide bonds. The molecule has 27 heavy (non-hydrogen) atoms.